The largest absolute Gasteiger partial charge is 0.508 e. The summed E-state index contributed by atoms with van der Waals surface area (Å²) in [6.45, 7) is 7.18. The molecule has 0 aromatic rings. The number of hydrogen-bond donors (Lipinski definition) is 0. The monoisotopic (exact) mass is 457 g/mol. The van der Waals surface area contributed by atoms with Crippen molar-refractivity contribution in [3.8, 4) is 0 Å². The van der Waals surface area contributed by atoms with E-state index in [-0.39, 0.29) is 18.2 Å². The van der Waals surface area contributed by atoms with Gasteiger partial charge in [0.1, 0.15) is 6.10 Å². The van der Waals surface area contributed by atoms with Gasteiger partial charge < -0.3 is 19.1 Å². The van der Waals surface area contributed by atoms with E-state index in [9.17, 15) is 9.59 Å². The van der Waals surface area contributed by atoms with Crippen molar-refractivity contribution >= 4 is 12.1 Å². The van der Waals surface area contributed by atoms with Crippen LogP contribution in [-0.4, -0.2) is 56.5 Å². The summed E-state index contributed by atoms with van der Waals surface area (Å²) >= 11 is 0. The summed E-state index contributed by atoms with van der Waals surface area (Å²) in [5.74, 6) is -0.191. The molecule has 0 radical (unpaired) electrons. The molecule has 0 aromatic heterocycles. The Bertz CT molecular complexity index is 453. The van der Waals surface area contributed by atoms with Crippen molar-refractivity contribution in [3.63, 3.8) is 0 Å². The van der Waals surface area contributed by atoms with Crippen LogP contribution in [0, 0.1) is 0 Å². The zero-order valence-electron chi connectivity index (χ0n) is 21.7. The molecule has 32 heavy (non-hydrogen) atoms. The van der Waals surface area contributed by atoms with Crippen LogP contribution in [-0.2, 0) is 19.0 Å². The summed E-state index contributed by atoms with van der Waals surface area (Å²) in [6, 6.07) is 0. The predicted molar refractivity (Wildman–Crippen MR) is 131 cm³/mol. The highest BCUT2D eigenvalue weighted by Crippen LogP contribution is 2.17. The second-order valence-electron chi connectivity index (χ2n) is 9.40. The minimum Gasteiger partial charge on any atom is -0.463 e. The van der Waals surface area contributed by atoms with E-state index in [0.29, 0.717) is 25.9 Å². The average Bonchev–Trinajstić information content (AvgIpc) is 2.71. The lowest BCUT2D eigenvalue weighted by Crippen LogP contribution is -2.21. The Morgan fingerprint density at radius 1 is 0.750 bits per heavy atom. The van der Waals surface area contributed by atoms with Crippen LogP contribution in [0.25, 0.3) is 0 Å². The molecule has 6 nitrogen and oxygen atoms in total. The molecule has 190 valence electrons. The molecule has 0 aliphatic rings. The van der Waals surface area contributed by atoms with Gasteiger partial charge >= 0.3 is 12.1 Å². The lowest BCUT2D eigenvalue weighted by molar-refractivity contribution is -0.147. The number of rotatable bonds is 21. The van der Waals surface area contributed by atoms with E-state index >= 15 is 0 Å². The Hall–Kier alpha value is -1.30. The molecule has 0 saturated heterocycles. The standard InChI is InChI=1S/C26H51NO5/c1-6-7-8-9-10-11-12-13-14-15-18-24(19-16-20-25(28)31-23(2)3)32-26(29)30-22-17-21-27(4)5/h23-24H,6-22H2,1-5H3. The van der Waals surface area contributed by atoms with Gasteiger partial charge in [0.2, 0.25) is 0 Å². The van der Waals surface area contributed by atoms with E-state index in [4.69, 9.17) is 14.2 Å². The fourth-order valence-corrected chi connectivity index (χ4v) is 3.62. The second kappa shape index (κ2) is 21.5. The van der Waals surface area contributed by atoms with E-state index in [2.05, 4.69) is 11.8 Å². The number of ether oxygens (including phenoxy) is 3. The fraction of sp³-hybridized carbons (Fsp3) is 0.923. The summed E-state index contributed by atoms with van der Waals surface area (Å²) in [6.07, 6.45) is 15.1. The number of carbonyl (C=O) groups excluding carboxylic acids is 2. The summed E-state index contributed by atoms with van der Waals surface area (Å²) in [4.78, 5) is 25.9. The number of hydrogen-bond acceptors (Lipinski definition) is 6. The van der Waals surface area contributed by atoms with Crippen LogP contribution in [0.15, 0.2) is 0 Å². The molecule has 0 aromatic carbocycles. The first kappa shape index (κ1) is 30.7. The van der Waals surface area contributed by atoms with Gasteiger partial charge in [0.15, 0.2) is 0 Å². The van der Waals surface area contributed by atoms with Gasteiger partial charge in [0.25, 0.3) is 0 Å². The Morgan fingerprint density at radius 2 is 1.31 bits per heavy atom. The van der Waals surface area contributed by atoms with E-state index in [0.717, 1.165) is 32.2 Å². The minimum atomic E-state index is -0.592. The first-order chi connectivity index (χ1) is 15.3. The number of esters is 1. The molecule has 0 heterocycles. The number of unbranched alkanes of at least 4 members (excludes halogenated alkanes) is 9. The van der Waals surface area contributed by atoms with Crippen LogP contribution in [0.5, 0.6) is 0 Å². The molecule has 0 aliphatic heterocycles. The smallest absolute Gasteiger partial charge is 0.463 e. The lowest BCUT2D eigenvalue weighted by Gasteiger charge is -2.18. The maximum Gasteiger partial charge on any atom is 0.508 e. The molecule has 0 rings (SSSR count). The van der Waals surface area contributed by atoms with Gasteiger partial charge in [-0.05, 0) is 60.0 Å². The molecule has 0 spiro atoms. The molecule has 6 heteroatoms. The Morgan fingerprint density at radius 3 is 1.88 bits per heavy atom. The summed E-state index contributed by atoms with van der Waals surface area (Å²) in [7, 11) is 3.98. The molecule has 0 aliphatic carbocycles. The van der Waals surface area contributed by atoms with Gasteiger partial charge in [0.05, 0.1) is 12.7 Å². The lowest BCUT2D eigenvalue weighted by atomic mass is 10.0. The topological polar surface area (TPSA) is 65.1 Å². The highest BCUT2D eigenvalue weighted by molar-refractivity contribution is 5.69. The van der Waals surface area contributed by atoms with Crippen molar-refractivity contribution in [1.29, 1.82) is 0 Å². The fourth-order valence-electron chi connectivity index (χ4n) is 3.62. The van der Waals surface area contributed by atoms with Crippen LogP contribution in [0.2, 0.25) is 0 Å². The van der Waals surface area contributed by atoms with E-state index in [1.165, 1.54) is 51.4 Å². The highest BCUT2D eigenvalue weighted by Gasteiger charge is 2.17. The predicted octanol–water partition coefficient (Wildman–Crippen LogP) is 6.89. The molecular weight excluding hydrogens is 406 g/mol. The van der Waals surface area contributed by atoms with Crippen LogP contribution < -0.4 is 0 Å². The summed E-state index contributed by atoms with van der Waals surface area (Å²) < 4.78 is 16.0. The van der Waals surface area contributed by atoms with E-state index < -0.39 is 6.16 Å². The maximum atomic E-state index is 12.1. The third kappa shape index (κ3) is 21.9. The van der Waals surface area contributed by atoms with E-state index in [1.54, 1.807) is 0 Å². The summed E-state index contributed by atoms with van der Waals surface area (Å²) in [5.41, 5.74) is 0. The second-order valence-corrected chi connectivity index (χ2v) is 9.40. The first-order valence-electron chi connectivity index (χ1n) is 13.0. The van der Waals surface area contributed by atoms with Crippen molar-refractivity contribution in [2.24, 2.45) is 0 Å². The van der Waals surface area contributed by atoms with Gasteiger partial charge in [-0.3, -0.25) is 4.79 Å². The third-order valence-electron chi connectivity index (χ3n) is 5.39. The van der Waals surface area contributed by atoms with Crippen LogP contribution in [0.3, 0.4) is 0 Å². The highest BCUT2D eigenvalue weighted by atomic mass is 16.7. The van der Waals surface area contributed by atoms with Gasteiger partial charge in [0, 0.05) is 13.0 Å². The van der Waals surface area contributed by atoms with Crippen LogP contribution >= 0.6 is 0 Å². The van der Waals surface area contributed by atoms with Crippen LogP contribution in [0.4, 0.5) is 4.79 Å². The molecule has 0 fully saturated rings. The van der Waals surface area contributed by atoms with Crippen molar-refractivity contribution in [1.82, 2.24) is 4.90 Å². The molecular formula is C26H51NO5. The molecule has 0 bridgehead atoms. The summed E-state index contributed by atoms with van der Waals surface area (Å²) in [5, 5.41) is 0. The molecule has 1 unspecified atom stereocenters. The van der Waals surface area contributed by atoms with Crippen molar-refractivity contribution in [2.45, 2.75) is 129 Å². The minimum absolute atomic E-state index is 0.0988. The third-order valence-corrected chi connectivity index (χ3v) is 5.39. The van der Waals surface area contributed by atoms with Gasteiger partial charge in [-0.2, -0.15) is 0 Å². The number of nitrogens with zero attached hydrogens (tertiary/aromatic N) is 1. The first-order valence-corrected chi connectivity index (χ1v) is 13.0. The Balaban J connectivity index is 4.15. The van der Waals surface area contributed by atoms with Gasteiger partial charge in [-0.1, -0.05) is 64.7 Å². The molecule has 1 atom stereocenters. The quantitative estimate of drug-likeness (QED) is 0.138. The van der Waals surface area contributed by atoms with Crippen molar-refractivity contribution in [2.75, 3.05) is 27.2 Å². The maximum absolute atomic E-state index is 12.1. The van der Waals surface area contributed by atoms with Gasteiger partial charge in [-0.15, -0.1) is 0 Å². The zero-order valence-corrected chi connectivity index (χ0v) is 21.7. The van der Waals surface area contributed by atoms with Gasteiger partial charge in [-0.25, -0.2) is 4.79 Å². The SMILES string of the molecule is CCCCCCCCCCCCC(CCCC(=O)OC(C)C)OC(=O)OCCCN(C)C. The molecule has 0 saturated carbocycles. The van der Waals surface area contributed by atoms with E-state index in [1.807, 2.05) is 27.9 Å². The normalized spacial score (nSPS) is 12.2. The van der Waals surface area contributed by atoms with Crippen molar-refractivity contribution in [3.05, 3.63) is 0 Å². The average molecular weight is 458 g/mol. The van der Waals surface area contributed by atoms with Crippen LogP contribution in [0.1, 0.15) is 117 Å². The van der Waals surface area contributed by atoms with Crippen molar-refractivity contribution < 1.29 is 23.8 Å². The zero-order chi connectivity index (χ0) is 24.0. The number of carbonyl (C=O) groups is 2. The molecule has 0 N–H and O–H groups in total. The Kier molecular flexibility index (Phi) is 20.7. The molecule has 0 amide bonds. The Labute approximate surface area is 197 Å².